The molecule has 0 aliphatic heterocycles. The fourth-order valence-electron chi connectivity index (χ4n) is 1.74. The van der Waals surface area contributed by atoms with Crippen LogP contribution >= 0.6 is 0 Å². The van der Waals surface area contributed by atoms with Crippen LogP contribution in [0.25, 0.3) is 0 Å². The fourth-order valence-corrected chi connectivity index (χ4v) is 1.74. The fraction of sp³-hybridized carbons (Fsp3) is 0.308. The van der Waals surface area contributed by atoms with Crippen molar-refractivity contribution in [1.29, 1.82) is 0 Å². The Morgan fingerprint density at radius 1 is 1.31 bits per heavy atom. The zero-order valence-corrected chi connectivity index (χ0v) is 9.77. The van der Waals surface area contributed by atoms with Crippen molar-refractivity contribution in [2.75, 3.05) is 0 Å². The Balaban J connectivity index is 2.22. The molecule has 2 N–H and O–H groups in total. The van der Waals surface area contributed by atoms with E-state index in [0.717, 1.165) is 12.1 Å². The summed E-state index contributed by atoms with van der Waals surface area (Å²) in [7, 11) is 0. The Morgan fingerprint density at radius 3 is 2.81 bits per heavy atom. The lowest BCUT2D eigenvalue weighted by molar-refractivity contribution is 0.683. The van der Waals surface area contributed by atoms with Crippen LogP contribution in [0.5, 0.6) is 0 Å². The minimum absolute atomic E-state index is 0.548. The monoisotopic (exact) mass is 215 g/mol. The molecule has 2 rings (SSSR count). The highest BCUT2D eigenvalue weighted by molar-refractivity contribution is 5.30. The van der Waals surface area contributed by atoms with Crippen molar-refractivity contribution in [2.24, 2.45) is 5.73 Å². The van der Waals surface area contributed by atoms with Crippen LogP contribution in [0.3, 0.4) is 0 Å². The van der Waals surface area contributed by atoms with Gasteiger partial charge in [-0.2, -0.15) is 5.10 Å². The molecule has 0 unspecified atom stereocenters. The molecule has 0 aliphatic rings. The zero-order chi connectivity index (χ0) is 11.5. The van der Waals surface area contributed by atoms with E-state index in [1.54, 1.807) is 0 Å². The average Bonchev–Trinajstić information content (AvgIpc) is 2.71. The van der Waals surface area contributed by atoms with E-state index in [0.29, 0.717) is 6.54 Å². The van der Waals surface area contributed by atoms with E-state index in [1.165, 1.54) is 16.7 Å². The molecule has 0 bridgehead atoms. The van der Waals surface area contributed by atoms with Gasteiger partial charge in [-0.1, -0.05) is 23.8 Å². The largest absolute Gasteiger partial charge is 0.326 e. The number of aryl methyl sites for hydroxylation is 2. The van der Waals surface area contributed by atoms with E-state index in [4.69, 9.17) is 5.73 Å². The van der Waals surface area contributed by atoms with E-state index in [1.807, 2.05) is 17.1 Å². The molecule has 1 aromatic carbocycles. The number of aromatic nitrogens is 2. The zero-order valence-electron chi connectivity index (χ0n) is 9.77. The van der Waals surface area contributed by atoms with Gasteiger partial charge < -0.3 is 5.73 Å². The molecule has 0 fully saturated rings. The summed E-state index contributed by atoms with van der Waals surface area (Å²) in [5.41, 5.74) is 10.5. The van der Waals surface area contributed by atoms with Crippen LogP contribution in [0, 0.1) is 13.8 Å². The summed E-state index contributed by atoms with van der Waals surface area (Å²) in [5, 5.41) is 4.29. The third kappa shape index (κ3) is 2.31. The minimum atomic E-state index is 0.548. The Kier molecular flexibility index (Phi) is 3.06. The maximum absolute atomic E-state index is 5.56. The summed E-state index contributed by atoms with van der Waals surface area (Å²) in [4.78, 5) is 0. The minimum Gasteiger partial charge on any atom is -0.326 e. The standard InChI is InChI=1S/C13H17N3/c1-10-3-4-11(2)13(5-10)9-16-8-12(6-14)7-15-16/h3-5,7-8H,6,9,14H2,1-2H3. The lowest BCUT2D eigenvalue weighted by atomic mass is 10.1. The molecule has 84 valence electrons. The van der Waals surface area contributed by atoms with Crippen molar-refractivity contribution in [1.82, 2.24) is 9.78 Å². The molecule has 16 heavy (non-hydrogen) atoms. The van der Waals surface area contributed by atoms with Gasteiger partial charge in [-0.3, -0.25) is 4.68 Å². The van der Waals surface area contributed by atoms with Crippen LogP contribution in [0.15, 0.2) is 30.6 Å². The SMILES string of the molecule is Cc1ccc(C)c(Cn2cc(CN)cn2)c1. The second kappa shape index (κ2) is 4.49. The third-order valence-corrected chi connectivity index (χ3v) is 2.76. The van der Waals surface area contributed by atoms with Crippen molar-refractivity contribution in [3.8, 4) is 0 Å². The predicted octanol–water partition coefficient (Wildman–Crippen LogP) is 2.01. The summed E-state index contributed by atoms with van der Waals surface area (Å²) < 4.78 is 1.93. The van der Waals surface area contributed by atoms with Crippen molar-refractivity contribution < 1.29 is 0 Å². The van der Waals surface area contributed by atoms with Gasteiger partial charge in [-0.25, -0.2) is 0 Å². The highest BCUT2D eigenvalue weighted by atomic mass is 15.3. The molecule has 0 amide bonds. The highest BCUT2D eigenvalue weighted by Gasteiger charge is 2.01. The van der Waals surface area contributed by atoms with E-state index < -0.39 is 0 Å². The molecule has 0 atom stereocenters. The second-order valence-corrected chi connectivity index (χ2v) is 4.18. The molecule has 1 heterocycles. The number of benzene rings is 1. The molecule has 0 aliphatic carbocycles. The summed E-state index contributed by atoms with van der Waals surface area (Å²) in [6.07, 6.45) is 3.83. The Morgan fingerprint density at radius 2 is 2.12 bits per heavy atom. The molecule has 0 radical (unpaired) electrons. The molecule has 3 heteroatoms. The smallest absolute Gasteiger partial charge is 0.0662 e. The van der Waals surface area contributed by atoms with E-state index in [-0.39, 0.29) is 0 Å². The normalized spacial score (nSPS) is 10.7. The van der Waals surface area contributed by atoms with Gasteiger partial charge in [0.2, 0.25) is 0 Å². The third-order valence-electron chi connectivity index (χ3n) is 2.76. The number of nitrogens with zero attached hydrogens (tertiary/aromatic N) is 2. The molecule has 1 aromatic heterocycles. The second-order valence-electron chi connectivity index (χ2n) is 4.18. The molecule has 0 spiro atoms. The van der Waals surface area contributed by atoms with Crippen molar-refractivity contribution in [3.05, 3.63) is 52.8 Å². The first-order valence-electron chi connectivity index (χ1n) is 5.46. The predicted molar refractivity (Wildman–Crippen MR) is 65.1 cm³/mol. The summed E-state index contributed by atoms with van der Waals surface area (Å²) >= 11 is 0. The van der Waals surface area contributed by atoms with Gasteiger partial charge in [0.05, 0.1) is 12.7 Å². The van der Waals surface area contributed by atoms with Gasteiger partial charge in [0.25, 0.3) is 0 Å². The topological polar surface area (TPSA) is 43.8 Å². The quantitative estimate of drug-likeness (QED) is 0.851. The van der Waals surface area contributed by atoms with Crippen LogP contribution in [-0.2, 0) is 13.1 Å². The molecule has 3 nitrogen and oxygen atoms in total. The average molecular weight is 215 g/mol. The first kappa shape index (κ1) is 10.9. The van der Waals surface area contributed by atoms with Crippen LogP contribution in [0.4, 0.5) is 0 Å². The van der Waals surface area contributed by atoms with Gasteiger partial charge in [-0.15, -0.1) is 0 Å². The highest BCUT2D eigenvalue weighted by Crippen LogP contribution is 2.12. The van der Waals surface area contributed by atoms with Crippen LogP contribution < -0.4 is 5.73 Å². The summed E-state index contributed by atoms with van der Waals surface area (Å²) in [5.74, 6) is 0. The number of hydrogen-bond donors (Lipinski definition) is 1. The van der Waals surface area contributed by atoms with E-state index in [2.05, 4.69) is 37.1 Å². The van der Waals surface area contributed by atoms with Gasteiger partial charge in [-0.05, 0) is 25.0 Å². The molecular formula is C13H17N3. The van der Waals surface area contributed by atoms with Crippen LogP contribution in [0.1, 0.15) is 22.3 Å². The Labute approximate surface area is 95.9 Å². The lowest BCUT2D eigenvalue weighted by Crippen LogP contribution is -2.02. The van der Waals surface area contributed by atoms with Crippen LogP contribution in [-0.4, -0.2) is 9.78 Å². The van der Waals surface area contributed by atoms with Gasteiger partial charge in [0.1, 0.15) is 0 Å². The van der Waals surface area contributed by atoms with Gasteiger partial charge in [0.15, 0.2) is 0 Å². The van der Waals surface area contributed by atoms with Gasteiger partial charge in [0, 0.05) is 18.3 Å². The Bertz CT molecular complexity index is 486. The summed E-state index contributed by atoms with van der Waals surface area (Å²) in [6.45, 7) is 5.60. The summed E-state index contributed by atoms with van der Waals surface area (Å²) in [6, 6.07) is 6.49. The molecular weight excluding hydrogens is 198 g/mol. The van der Waals surface area contributed by atoms with E-state index >= 15 is 0 Å². The molecule has 0 saturated carbocycles. The maximum Gasteiger partial charge on any atom is 0.0662 e. The maximum atomic E-state index is 5.56. The molecule has 0 saturated heterocycles. The first-order chi connectivity index (χ1) is 7.69. The van der Waals surface area contributed by atoms with Crippen LogP contribution in [0.2, 0.25) is 0 Å². The van der Waals surface area contributed by atoms with Gasteiger partial charge >= 0.3 is 0 Å². The first-order valence-corrected chi connectivity index (χ1v) is 5.46. The number of hydrogen-bond acceptors (Lipinski definition) is 2. The Hall–Kier alpha value is -1.61. The van der Waals surface area contributed by atoms with Crippen molar-refractivity contribution >= 4 is 0 Å². The van der Waals surface area contributed by atoms with Crippen molar-refractivity contribution in [2.45, 2.75) is 26.9 Å². The van der Waals surface area contributed by atoms with Crippen molar-refractivity contribution in [3.63, 3.8) is 0 Å². The lowest BCUT2D eigenvalue weighted by Gasteiger charge is -2.07. The van der Waals surface area contributed by atoms with E-state index in [9.17, 15) is 0 Å². The molecule has 2 aromatic rings. The number of rotatable bonds is 3. The number of nitrogens with two attached hydrogens (primary N) is 1.